The van der Waals surface area contributed by atoms with Crippen molar-refractivity contribution in [2.75, 3.05) is 12.0 Å². The van der Waals surface area contributed by atoms with Gasteiger partial charge in [-0.3, -0.25) is 14.5 Å². The number of nitriles is 1. The van der Waals surface area contributed by atoms with Crippen LogP contribution in [-0.4, -0.2) is 28.1 Å². The van der Waals surface area contributed by atoms with Gasteiger partial charge < -0.3 is 9.72 Å². The van der Waals surface area contributed by atoms with E-state index in [0.29, 0.717) is 32.3 Å². The molecule has 0 spiro atoms. The molecule has 142 valence electrons. The quantitative estimate of drug-likeness (QED) is 0.388. The van der Waals surface area contributed by atoms with Gasteiger partial charge in [0, 0.05) is 28.7 Å². The summed E-state index contributed by atoms with van der Waals surface area (Å²) in [5, 5.41) is 9.64. The summed E-state index contributed by atoms with van der Waals surface area (Å²) in [6.07, 6.45) is 2.93. The van der Waals surface area contributed by atoms with Crippen LogP contribution in [0.15, 0.2) is 59.6 Å². The van der Waals surface area contributed by atoms with E-state index in [1.54, 1.807) is 49.7 Å². The maximum atomic E-state index is 12.9. The highest BCUT2D eigenvalue weighted by atomic mass is 32.2. The molecule has 0 unspecified atom stereocenters. The molecule has 1 N–H and O–H groups in total. The second-order valence-corrected chi connectivity index (χ2v) is 7.83. The molecule has 0 aliphatic carbocycles. The molecular weight excluding hydrogens is 406 g/mol. The van der Waals surface area contributed by atoms with E-state index in [2.05, 4.69) is 4.98 Å². The summed E-state index contributed by atoms with van der Waals surface area (Å²) >= 11 is 6.40. The first-order valence-corrected chi connectivity index (χ1v) is 9.72. The molecule has 1 aliphatic heterocycles. The molecule has 3 aromatic rings. The number of anilines is 1. The summed E-state index contributed by atoms with van der Waals surface area (Å²) in [6, 6.07) is 14.0. The van der Waals surface area contributed by atoms with Crippen molar-refractivity contribution in [3.05, 3.63) is 70.8 Å². The zero-order chi connectivity index (χ0) is 20.5. The first-order chi connectivity index (χ1) is 14.0. The number of aromatic nitrogens is 1. The van der Waals surface area contributed by atoms with Gasteiger partial charge in [0.25, 0.3) is 5.91 Å². The standard InChI is InChI=1S/C21H13N3O3S2/c1-27-14-6-7-17-15(8-14)16(11-23-17)18(25)9-19-20(26)24(21(28)29-19)13-4-2-12(10-22)3-5-13/h2-9,11,23H,1H3. The third kappa shape index (κ3) is 3.42. The Labute approximate surface area is 175 Å². The molecule has 0 atom stereocenters. The maximum Gasteiger partial charge on any atom is 0.270 e. The summed E-state index contributed by atoms with van der Waals surface area (Å²) in [4.78, 5) is 30.4. The van der Waals surface area contributed by atoms with Crippen LogP contribution in [0.1, 0.15) is 15.9 Å². The van der Waals surface area contributed by atoms with Gasteiger partial charge in [0.2, 0.25) is 0 Å². The van der Waals surface area contributed by atoms with E-state index in [1.165, 1.54) is 11.0 Å². The van der Waals surface area contributed by atoms with Crippen LogP contribution >= 0.6 is 24.0 Å². The summed E-state index contributed by atoms with van der Waals surface area (Å²) in [5.74, 6) is -0.0291. The molecule has 29 heavy (non-hydrogen) atoms. The second kappa shape index (κ2) is 7.54. The second-order valence-electron chi connectivity index (χ2n) is 6.15. The summed E-state index contributed by atoms with van der Waals surface area (Å²) in [6.45, 7) is 0. The number of methoxy groups -OCH3 is 1. The van der Waals surface area contributed by atoms with E-state index in [1.807, 2.05) is 12.1 Å². The molecule has 1 amide bonds. The molecular formula is C21H13N3O3S2. The van der Waals surface area contributed by atoms with Gasteiger partial charge in [0.05, 0.1) is 29.3 Å². The summed E-state index contributed by atoms with van der Waals surface area (Å²) < 4.78 is 5.56. The van der Waals surface area contributed by atoms with Crippen molar-refractivity contribution in [3.63, 3.8) is 0 Å². The van der Waals surface area contributed by atoms with Crippen LogP contribution in [0, 0.1) is 11.3 Å². The predicted octanol–water partition coefficient (Wildman–Crippen LogP) is 4.18. The molecule has 2 aromatic carbocycles. The fourth-order valence-corrected chi connectivity index (χ4v) is 4.27. The number of hydrogen-bond donors (Lipinski definition) is 1. The number of thiocarbonyl (C=S) groups is 1. The van der Waals surface area contributed by atoms with E-state index in [9.17, 15) is 9.59 Å². The number of amides is 1. The molecule has 1 aromatic heterocycles. The number of ether oxygens (including phenoxy) is 1. The normalized spacial score (nSPS) is 15.2. The highest BCUT2D eigenvalue weighted by molar-refractivity contribution is 8.27. The zero-order valence-corrected chi connectivity index (χ0v) is 16.8. The first-order valence-electron chi connectivity index (χ1n) is 8.49. The molecule has 1 aliphatic rings. The van der Waals surface area contributed by atoms with Gasteiger partial charge in [-0.1, -0.05) is 24.0 Å². The minimum Gasteiger partial charge on any atom is -0.497 e. The van der Waals surface area contributed by atoms with Crippen LogP contribution in [-0.2, 0) is 4.79 Å². The SMILES string of the molecule is COc1ccc2[nH]cc(C(=O)C=C3SC(=S)N(c4ccc(C#N)cc4)C3=O)c2c1. The molecule has 6 nitrogen and oxygen atoms in total. The number of fused-ring (bicyclic) bond motifs is 1. The third-order valence-electron chi connectivity index (χ3n) is 4.46. The number of hydrogen-bond acceptors (Lipinski definition) is 6. The molecule has 0 radical (unpaired) electrons. The highest BCUT2D eigenvalue weighted by Crippen LogP contribution is 2.35. The summed E-state index contributed by atoms with van der Waals surface area (Å²) in [7, 11) is 1.56. The Balaban J connectivity index is 1.65. The number of nitrogens with zero attached hydrogens (tertiary/aromatic N) is 2. The number of carbonyl (C=O) groups excluding carboxylic acids is 2. The average molecular weight is 419 g/mol. The third-order valence-corrected chi connectivity index (χ3v) is 5.77. The lowest BCUT2D eigenvalue weighted by molar-refractivity contribution is -0.113. The highest BCUT2D eigenvalue weighted by Gasteiger charge is 2.34. The average Bonchev–Trinajstić information content (AvgIpc) is 3.28. The Morgan fingerprint density at radius 3 is 2.72 bits per heavy atom. The van der Waals surface area contributed by atoms with Gasteiger partial charge in [-0.2, -0.15) is 5.26 Å². The topological polar surface area (TPSA) is 86.2 Å². The van der Waals surface area contributed by atoms with Crippen molar-refractivity contribution in [2.24, 2.45) is 0 Å². The monoisotopic (exact) mass is 419 g/mol. The minimum atomic E-state index is -0.365. The molecule has 4 rings (SSSR count). The zero-order valence-electron chi connectivity index (χ0n) is 15.1. The Morgan fingerprint density at radius 2 is 2.03 bits per heavy atom. The smallest absolute Gasteiger partial charge is 0.270 e. The van der Waals surface area contributed by atoms with Crippen LogP contribution < -0.4 is 9.64 Å². The van der Waals surface area contributed by atoms with Gasteiger partial charge in [-0.05, 0) is 42.5 Å². The number of benzene rings is 2. The molecule has 1 saturated heterocycles. The molecule has 8 heteroatoms. The van der Waals surface area contributed by atoms with Crippen LogP contribution in [0.5, 0.6) is 5.75 Å². The van der Waals surface area contributed by atoms with Crippen LogP contribution in [0.2, 0.25) is 0 Å². The number of rotatable bonds is 4. The predicted molar refractivity (Wildman–Crippen MR) is 116 cm³/mol. The van der Waals surface area contributed by atoms with E-state index in [4.69, 9.17) is 22.2 Å². The lowest BCUT2D eigenvalue weighted by atomic mass is 10.1. The Morgan fingerprint density at radius 1 is 1.28 bits per heavy atom. The van der Waals surface area contributed by atoms with Crippen molar-refractivity contribution in [1.29, 1.82) is 5.26 Å². The number of allylic oxidation sites excluding steroid dienone is 1. The molecule has 0 saturated carbocycles. The van der Waals surface area contributed by atoms with E-state index < -0.39 is 0 Å². The number of ketones is 1. The van der Waals surface area contributed by atoms with Gasteiger partial charge in [0.1, 0.15) is 5.75 Å². The van der Waals surface area contributed by atoms with Gasteiger partial charge >= 0.3 is 0 Å². The van der Waals surface area contributed by atoms with Gasteiger partial charge in [-0.15, -0.1) is 0 Å². The number of nitrogens with one attached hydrogen (secondary N) is 1. The van der Waals surface area contributed by atoms with Crippen molar-refractivity contribution < 1.29 is 14.3 Å². The van der Waals surface area contributed by atoms with Gasteiger partial charge in [-0.25, -0.2) is 0 Å². The van der Waals surface area contributed by atoms with Crippen molar-refractivity contribution in [3.8, 4) is 11.8 Å². The largest absolute Gasteiger partial charge is 0.497 e. The van der Waals surface area contributed by atoms with E-state index >= 15 is 0 Å². The number of thioether (sulfide) groups is 1. The lowest BCUT2D eigenvalue weighted by Gasteiger charge is -2.14. The molecule has 0 bridgehead atoms. The van der Waals surface area contributed by atoms with Crippen molar-refractivity contribution >= 4 is 56.6 Å². The van der Waals surface area contributed by atoms with Gasteiger partial charge in [0.15, 0.2) is 10.1 Å². The molecule has 1 fully saturated rings. The minimum absolute atomic E-state index is 0.251. The Hall–Kier alpha value is -3.41. The van der Waals surface area contributed by atoms with Crippen LogP contribution in [0.4, 0.5) is 5.69 Å². The van der Waals surface area contributed by atoms with Crippen LogP contribution in [0.3, 0.4) is 0 Å². The van der Waals surface area contributed by atoms with Crippen molar-refractivity contribution in [1.82, 2.24) is 4.98 Å². The number of aromatic amines is 1. The van der Waals surface area contributed by atoms with E-state index in [-0.39, 0.29) is 16.6 Å². The van der Waals surface area contributed by atoms with E-state index in [0.717, 1.165) is 17.3 Å². The first kappa shape index (κ1) is 18.9. The number of carbonyl (C=O) groups is 2. The summed E-state index contributed by atoms with van der Waals surface area (Å²) in [5.41, 5.74) is 2.29. The Kier molecular flexibility index (Phi) is 4.92. The lowest BCUT2D eigenvalue weighted by Crippen LogP contribution is -2.27. The van der Waals surface area contributed by atoms with Crippen LogP contribution in [0.25, 0.3) is 10.9 Å². The maximum absolute atomic E-state index is 12.9. The Bertz CT molecular complexity index is 1240. The number of H-pyrrole nitrogens is 1. The fraction of sp³-hybridized carbons (Fsp3) is 0.0476. The van der Waals surface area contributed by atoms with Crippen molar-refractivity contribution in [2.45, 2.75) is 0 Å². The fourth-order valence-electron chi connectivity index (χ4n) is 3.00. The molecule has 2 heterocycles.